The molecule has 2 atom stereocenters. The van der Waals surface area contributed by atoms with Crippen molar-refractivity contribution in [2.24, 2.45) is 0 Å². The van der Waals surface area contributed by atoms with Gasteiger partial charge in [0.2, 0.25) is 0 Å². The van der Waals surface area contributed by atoms with E-state index in [2.05, 4.69) is 12.2 Å². The van der Waals surface area contributed by atoms with Crippen LogP contribution in [0.2, 0.25) is 10.0 Å². The first-order valence-electron chi connectivity index (χ1n) is 5.71. The van der Waals surface area contributed by atoms with Crippen LogP contribution < -0.4 is 5.32 Å². The quantitative estimate of drug-likeness (QED) is 0.858. The minimum absolute atomic E-state index is 0.216. The lowest BCUT2D eigenvalue weighted by molar-refractivity contribution is 0.101. The first kappa shape index (κ1) is 14.8. The zero-order chi connectivity index (χ0) is 12.8. The molecular formula is C13H19Cl2NO. The summed E-state index contributed by atoms with van der Waals surface area (Å²) in [5.74, 6) is 0. The lowest BCUT2D eigenvalue weighted by atomic mass is 10.0. The van der Waals surface area contributed by atoms with E-state index < -0.39 is 0 Å². The van der Waals surface area contributed by atoms with Crippen molar-refractivity contribution in [3.8, 4) is 0 Å². The third-order valence-corrected chi connectivity index (χ3v) is 3.65. The monoisotopic (exact) mass is 275 g/mol. The summed E-state index contributed by atoms with van der Waals surface area (Å²) in [6.07, 6.45) is 1.95. The second kappa shape index (κ2) is 7.22. The highest BCUT2D eigenvalue weighted by atomic mass is 35.5. The minimum Gasteiger partial charge on any atom is -0.382 e. The van der Waals surface area contributed by atoms with Gasteiger partial charge in [0, 0.05) is 23.2 Å². The summed E-state index contributed by atoms with van der Waals surface area (Å²) in [4.78, 5) is 0. The van der Waals surface area contributed by atoms with E-state index in [4.69, 9.17) is 27.9 Å². The fourth-order valence-corrected chi connectivity index (χ4v) is 2.33. The molecule has 2 unspecified atom stereocenters. The first-order chi connectivity index (χ1) is 8.08. The highest BCUT2D eigenvalue weighted by Crippen LogP contribution is 2.26. The third-order valence-electron chi connectivity index (χ3n) is 2.94. The number of likely N-dealkylation sites (N-methyl/N-ethyl adjacent to an activating group) is 1. The van der Waals surface area contributed by atoms with Gasteiger partial charge >= 0.3 is 0 Å². The van der Waals surface area contributed by atoms with Gasteiger partial charge in [0.25, 0.3) is 0 Å². The van der Waals surface area contributed by atoms with Gasteiger partial charge < -0.3 is 10.1 Å². The molecular weight excluding hydrogens is 257 g/mol. The molecule has 0 aliphatic rings. The molecule has 2 nitrogen and oxygen atoms in total. The van der Waals surface area contributed by atoms with Crippen molar-refractivity contribution >= 4 is 23.2 Å². The second-order valence-electron chi connectivity index (χ2n) is 4.17. The SMILES string of the molecule is CNC(Cc1c(Cl)cccc1Cl)CC(C)OC. The van der Waals surface area contributed by atoms with E-state index in [-0.39, 0.29) is 6.10 Å². The molecule has 0 saturated heterocycles. The number of hydrogen-bond donors (Lipinski definition) is 1. The summed E-state index contributed by atoms with van der Waals surface area (Å²) in [5.41, 5.74) is 0.999. The van der Waals surface area contributed by atoms with Crippen molar-refractivity contribution in [2.45, 2.75) is 31.9 Å². The van der Waals surface area contributed by atoms with Crippen LogP contribution >= 0.6 is 23.2 Å². The highest BCUT2D eigenvalue weighted by Gasteiger charge is 2.15. The Morgan fingerprint density at radius 1 is 1.29 bits per heavy atom. The molecule has 96 valence electrons. The number of nitrogens with one attached hydrogen (secondary N) is 1. The van der Waals surface area contributed by atoms with Crippen molar-refractivity contribution in [1.82, 2.24) is 5.32 Å². The maximum absolute atomic E-state index is 6.16. The van der Waals surface area contributed by atoms with Crippen LogP contribution in [0.3, 0.4) is 0 Å². The summed E-state index contributed by atoms with van der Waals surface area (Å²) in [7, 11) is 3.66. The number of ether oxygens (including phenoxy) is 1. The molecule has 0 amide bonds. The number of methoxy groups -OCH3 is 1. The molecule has 0 radical (unpaired) electrons. The van der Waals surface area contributed by atoms with Gasteiger partial charge in [-0.15, -0.1) is 0 Å². The number of benzene rings is 1. The summed E-state index contributed by atoms with van der Waals surface area (Å²) in [6, 6.07) is 5.91. The smallest absolute Gasteiger partial charge is 0.0558 e. The van der Waals surface area contributed by atoms with Crippen molar-refractivity contribution in [1.29, 1.82) is 0 Å². The molecule has 0 heterocycles. The molecule has 1 rings (SSSR count). The highest BCUT2D eigenvalue weighted by molar-refractivity contribution is 6.35. The van der Waals surface area contributed by atoms with E-state index in [1.54, 1.807) is 7.11 Å². The molecule has 0 bridgehead atoms. The van der Waals surface area contributed by atoms with Crippen LogP contribution in [0.15, 0.2) is 18.2 Å². The van der Waals surface area contributed by atoms with Gasteiger partial charge in [-0.25, -0.2) is 0 Å². The van der Waals surface area contributed by atoms with Crippen molar-refractivity contribution < 1.29 is 4.74 Å². The zero-order valence-electron chi connectivity index (χ0n) is 10.5. The largest absolute Gasteiger partial charge is 0.382 e. The summed E-state index contributed by atoms with van der Waals surface area (Å²) < 4.78 is 5.27. The topological polar surface area (TPSA) is 21.3 Å². The van der Waals surface area contributed by atoms with Crippen molar-refractivity contribution in [2.75, 3.05) is 14.2 Å². The lowest BCUT2D eigenvalue weighted by Crippen LogP contribution is -2.31. The number of rotatable bonds is 6. The summed E-state index contributed by atoms with van der Waals surface area (Å²) in [5, 5.41) is 4.72. The van der Waals surface area contributed by atoms with Gasteiger partial charge in [-0.3, -0.25) is 0 Å². The Balaban J connectivity index is 2.73. The van der Waals surface area contributed by atoms with Gasteiger partial charge in [-0.2, -0.15) is 0 Å². The Labute approximate surface area is 113 Å². The zero-order valence-corrected chi connectivity index (χ0v) is 12.0. The third kappa shape index (κ3) is 4.47. The van der Waals surface area contributed by atoms with Crippen LogP contribution in [0.4, 0.5) is 0 Å². The molecule has 0 saturated carbocycles. The van der Waals surface area contributed by atoms with E-state index in [1.165, 1.54) is 0 Å². The molecule has 0 spiro atoms. The fourth-order valence-electron chi connectivity index (χ4n) is 1.77. The van der Waals surface area contributed by atoms with Crippen molar-refractivity contribution in [3.05, 3.63) is 33.8 Å². The van der Waals surface area contributed by atoms with E-state index in [9.17, 15) is 0 Å². The Morgan fingerprint density at radius 3 is 2.35 bits per heavy atom. The van der Waals surface area contributed by atoms with Gasteiger partial charge in [0.1, 0.15) is 0 Å². The molecule has 0 aliphatic carbocycles. The number of halogens is 2. The van der Waals surface area contributed by atoms with Crippen molar-refractivity contribution in [3.63, 3.8) is 0 Å². The standard InChI is InChI=1S/C13H19Cl2NO/c1-9(17-3)7-10(16-2)8-11-12(14)5-4-6-13(11)15/h4-6,9-10,16H,7-8H2,1-3H3. The molecule has 1 N–H and O–H groups in total. The second-order valence-corrected chi connectivity index (χ2v) is 4.99. The predicted molar refractivity (Wildman–Crippen MR) is 74.1 cm³/mol. The maximum Gasteiger partial charge on any atom is 0.0558 e. The molecule has 1 aromatic rings. The van der Waals surface area contributed by atoms with Gasteiger partial charge in [0.05, 0.1) is 6.10 Å². The maximum atomic E-state index is 6.16. The van der Waals surface area contributed by atoms with Crippen LogP contribution in [0.1, 0.15) is 18.9 Å². The van der Waals surface area contributed by atoms with E-state index in [1.807, 2.05) is 25.2 Å². The lowest BCUT2D eigenvalue weighted by Gasteiger charge is -2.20. The van der Waals surface area contributed by atoms with Gasteiger partial charge in [0.15, 0.2) is 0 Å². The summed E-state index contributed by atoms with van der Waals surface area (Å²) >= 11 is 12.3. The van der Waals surface area contributed by atoms with Crippen LogP contribution in [0, 0.1) is 0 Å². The van der Waals surface area contributed by atoms with Crippen LogP contribution in [0.25, 0.3) is 0 Å². The van der Waals surface area contributed by atoms with E-state index >= 15 is 0 Å². The van der Waals surface area contributed by atoms with E-state index in [0.717, 1.165) is 28.5 Å². The Kier molecular flexibility index (Phi) is 6.28. The Morgan fingerprint density at radius 2 is 1.88 bits per heavy atom. The van der Waals surface area contributed by atoms with Crippen LogP contribution in [0.5, 0.6) is 0 Å². The van der Waals surface area contributed by atoms with Crippen LogP contribution in [-0.4, -0.2) is 26.3 Å². The average molecular weight is 276 g/mol. The molecule has 4 heteroatoms. The average Bonchev–Trinajstić information content (AvgIpc) is 2.32. The molecule has 1 aromatic carbocycles. The normalized spacial score (nSPS) is 14.6. The first-order valence-corrected chi connectivity index (χ1v) is 6.47. The Hall–Kier alpha value is -0.280. The molecule has 0 aromatic heterocycles. The van der Waals surface area contributed by atoms with E-state index in [0.29, 0.717) is 6.04 Å². The number of hydrogen-bond acceptors (Lipinski definition) is 2. The summed E-state index contributed by atoms with van der Waals surface area (Å²) in [6.45, 7) is 2.05. The van der Waals surface area contributed by atoms with Gasteiger partial charge in [-0.1, -0.05) is 29.3 Å². The predicted octanol–water partition coefficient (Wildman–Crippen LogP) is 3.55. The van der Waals surface area contributed by atoms with Crippen LogP contribution in [-0.2, 0) is 11.2 Å². The Bertz CT molecular complexity index is 337. The molecule has 0 aliphatic heterocycles. The fraction of sp³-hybridized carbons (Fsp3) is 0.538. The minimum atomic E-state index is 0.216. The molecule has 0 fully saturated rings. The van der Waals surface area contributed by atoms with Gasteiger partial charge in [-0.05, 0) is 44.5 Å². The molecule has 17 heavy (non-hydrogen) atoms.